The van der Waals surface area contributed by atoms with Crippen LogP contribution in [0.15, 0.2) is 60.7 Å². The van der Waals surface area contributed by atoms with Crippen LogP contribution in [-0.4, -0.2) is 23.3 Å². The molecule has 2 aromatic rings. The van der Waals surface area contributed by atoms with Crippen molar-refractivity contribution in [1.82, 2.24) is 4.90 Å². The van der Waals surface area contributed by atoms with Crippen molar-refractivity contribution < 1.29 is 14.3 Å². The third-order valence-corrected chi connectivity index (χ3v) is 4.46. The van der Waals surface area contributed by atoms with Gasteiger partial charge in [-0.2, -0.15) is 0 Å². The Kier molecular flexibility index (Phi) is 3.82. The zero-order chi connectivity index (χ0) is 16.5. The molecule has 2 aliphatic rings. The maximum absolute atomic E-state index is 12.2. The Balaban J connectivity index is 1.54. The highest BCUT2D eigenvalue weighted by Crippen LogP contribution is 2.35. The van der Waals surface area contributed by atoms with Crippen molar-refractivity contribution in [2.75, 3.05) is 0 Å². The van der Waals surface area contributed by atoms with Gasteiger partial charge >= 0.3 is 6.09 Å². The molecule has 4 nitrogen and oxygen atoms in total. The van der Waals surface area contributed by atoms with Crippen LogP contribution in [0.4, 0.5) is 4.79 Å². The number of fused-ring (bicyclic) bond motifs is 1. The number of rotatable bonds is 4. The van der Waals surface area contributed by atoms with E-state index < -0.39 is 6.23 Å². The summed E-state index contributed by atoms with van der Waals surface area (Å²) in [6.07, 6.45) is 2.90. The molecule has 1 heterocycles. The van der Waals surface area contributed by atoms with E-state index in [-0.39, 0.29) is 18.3 Å². The Bertz CT molecular complexity index is 771. The molecule has 122 valence electrons. The smallest absolute Gasteiger partial charge is 0.412 e. The average Bonchev–Trinajstić information content (AvgIpc) is 3.12. The van der Waals surface area contributed by atoms with Crippen LogP contribution >= 0.6 is 0 Å². The third-order valence-electron chi connectivity index (χ3n) is 4.46. The molecular formula is C20H19NO3. The van der Waals surface area contributed by atoms with Gasteiger partial charge in [-0.1, -0.05) is 66.7 Å². The Hall–Kier alpha value is -2.59. The number of amides is 1. The molecule has 4 heteroatoms. The van der Waals surface area contributed by atoms with Gasteiger partial charge in [0, 0.05) is 0 Å². The zero-order valence-electron chi connectivity index (χ0n) is 13.5. The van der Waals surface area contributed by atoms with Crippen molar-refractivity contribution >= 4 is 12.2 Å². The number of nitrogens with zero attached hydrogens (tertiary/aromatic N) is 1. The van der Waals surface area contributed by atoms with Crippen LogP contribution in [0.2, 0.25) is 0 Å². The van der Waals surface area contributed by atoms with E-state index in [0.717, 1.165) is 16.7 Å². The molecule has 2 aromatic carbocycles. The number of hydrogen-bond acceptors (Lipinski definition) is 3. The normalized spacial score (nSPS) is 25.0. The van der Waals surface area contributed by atoms with Crippen molar-refractivity contribution in [1.29, 1.82) is 0 Å². The topological polar surface area (TPSA) is 38.8 Å². The fourth-order valence-corrected chi connectivity index (χ4v) is 3.25. The molecule has 0 spiro atoms. The number of carbonyl (C=O) groups is 1. The standard InChI is InChI=1S/C20H19NO3/c1-14-19(24-18-12-11-16-9-5-6-10-17(16)18)21(20(22)23-14)13-15-7-3-2-4-8-15/h2-12,14,18-19H,13H2,1H3. The minimum Gasteiger partial charge on any atom is -0.442 e. The summed E-state index contributed by atoms with van der Waals surface area (Å²) in [6.45, 7) is 2.35. The molecule has 0 aromatic heterocycles. The number of hydrogen-bond donors (Lipinski definition) is 0. The van der Waals surface area contributed by atoms with Gasteiger partial charge in [0.2, 0.25) is 0 Å². The fourth-order valence-electron chi connectivity index (χ4n) is 3.25. The average molecular weight is 321 g/mol. The van der Waals surface area contributed by atoms with Crippen LogP contribution < -0.4 is 0 Å². The SMILES string of the molecule is CC1OC(=O)N(Cc2ccccc2)C1OC1C=Cc2ccccc21. The van der Waals surface area contributed by atoms with Gasteiger partial charge in [-0.3, -0.25) is 4.90 Å². The second-order valence-electron chi connectivity index (χ2n) is 6.14. The van der Waals surface area contributed by atoms with Crippen LogP contribution in [0.3, 0.4) is 0 Å². The van der Waals surface area contributed by atoms with Crippen LogP contribution in [0.25, 0.3) is 6.08 Å². The molecule has 0 bridgehead atoms. The first-order valence-corrected chi connectivity index (χ1v) is 8.16. The highest BCUT2D eigenvalue weighted by molar-refractivity contribution is 5.70. The lowest BCUT2D eigenvalue weighted by Gasteiger charge is -2.26. The van der Waals surface area contributed by atoms with Gasteiger partial charge < -0.3 is 9.47 Å². The molecule has 24 heavy (non-hydrogen) atoms. The maximum atomic E-state index is 12.2. The molecule has 1 aliphatic carbocycles. The first kappa shape index (κ1) is 15.0. The van der Waals surface area contributed by atoms with E-state index in [2.05, 4.69) is 18.2 Å². The largest absolute Gasteiger partial charge is 0.442 e. The van der Waals surface area contributed by atoms with Crippen LogP contribution in [0.5, 0.6) is 0 Å². The van der Waals surface area contributed by atoms with E-state index in [0.29, 0.717) is 6.54 Å². The minimum atomic E-state index is -0.404. The van der Waals surface area contributed by atoms with Gasteiger partial charge in [-0.15, -0.1) is 0 Å². The highest BCUT2D eigenvalue weighted by Gasteiger charge is 2.41. The number of benzene rings is 2. The Morgan fingerprint density at radius 3 is 2.67 bits per heavy atom. The molecule has 3 atom stereocenters. The first-order chi connectivity index (χ1) is 11.7. The van der Waals surface area contributed by atoms with Crippen molar-refractivity contribution in [2.45, 2.75) is 31.9 Å². The zero-order valence-corrected chi connectivity index (χ0v) is 13.5. The number of carbonyl (C=O) groups excluding carboxylic acids is 1. The molecule has 3 unspecified atom stereocenters. The molecule has 1 fully saturated rings. The van der Waals surface area contributed by atoms with Crippen LogP contribution in [0, 0.1) is 0 Å². The van der Waals surface area contributed by atoms with Gasteiger partial charge in [0.25, 0.3) is 0 Å². The Labute approximate surface area is 141 Å². The van der Waals surface area contributed by atoms with E-state index in [1.54, 1.807) is 4.90 Å². The Morgan fingerprint density at radius 2 is 1.83 bits per heavy atom. The minimum absolute atomic E-state index is 0.151. The monoisotopic (exact) mass is 321 g/mol. The lowest BCUT2D eigenvalue weighted by atomic mass is 10.1. The fraction of sp³-hybridized carbons (Fsp3) is 0.250. The van der Waals surface area contributed by atoms with Gasteiger partial charge in [0.1, 0.15) is 12.2 Å². The van der Waals surface area contributed by atoms with Gasteiger partial charge in [-0.25, -0.2) is 4.79 Å². The second kappa shape index (κ2) is 6.13. The summed E-state index contributed by atoms with van der Waals surface area (Å²) in [5.41, 5.74) is 3.35. The first-order valence-electron chi connectivity index (χ1n) is 8.16. The van der Waals surface area contributed by atoms with E-state index in [9.17, 15) is 4.79 Å². The summed E-state index contributed by atoms with van der Waals surface area (Å²) in [4.78, 5) is 13.9. The Morgan fingerprint density at radius 1 is 1.08 bits per heavy atom. The van der Waals surface area contributed by atoms with Crippen molar-refractivity contribution in [3.63, 3.8) is 0 Å². The maximum Gasteiger partial charge on any atom is 0.412 e. The van der Waals surface area contributed by atoms with Gasteiger partial charge in [0.15, 0.2) is 6.23 Å². The lowest BCUT2D eigenvalue weighted by Crippen LogP contribution is -2.38. The summed E-state index contributed by atoms with van der Waals surface area (Å²) in [6, 6.07) is 18.0. The summed E-state index contributed by atoms with van der Waals surface area (Å²) in [5, 5.41) is 0. The quantitative estimate of drug-likeness (QED) is 0.849. The van der Waals surface area contributed by atoms with E-state index in [1.165, 1.54) is 0 Å². The number of cyclic esters (lactones) is 1. The highest BCUT2D eigenvalue weighted by atomic mass is 16.6. The molecular weight excluding hydrogens is 302 g/mol. The number of ether oxygens (including phenoxy) is 2. The summed E-state index contributed by atoms with van der Waals surface area (Å²) < 4.78 is 11.7. The lowest BCUT2D eigenvalue weighted by molar-refractivity contribution is -0.0756. The molecule has 4 rings (SSSR count). The predicted octanol–water partition coefficient (Wildman–Crippen LogP) is 4.14. The summed E-state index contributed by atoms with van der Waals surface area (Å²) >= 11 is 0. The van der Waals surface area contributed by atoms with Gasteiger partial charge in [-0.05, 0) is 23.6 Å². The van der Waals surface area contributed by atoms with Crippen LogP contribution in [0.1, 0.15) is 29.7 Å². The molecule has 1 aliphatic heterocycles. The summed E-state index contributed by atoms with van der Waals surface area (Å²) in [7, 11) is 0. The third kappa shape index (κ3) is 2.69. The predicted molar refractivity (Wildman–Crippen MR) is 91.0 cm³/mol. The van der Waals surface area contributed by atoms with E-state index >= 15 is 0 Å². The van der Waals surface area contributed by atoms with Crippen LogP contribution in [-0.2, 0) is 16.0 Å². The van der Waals surface area contributed by atoms with E-state index in [4.69, 9.17) is 9.47 Å². The van der Waals surface area contributed by atoms with E-state index in [1.807, 2.05) is 55.5 Å². The molecule has 0 saturated carbocycles. The molecule has 1 amide bonds. The molecule has 0 radical (unpaired) electrons. The molecule has 0 N–H and O–H groups in total. The van der Waals surface area contributed by atoms with Crippen molar-refractivity contribution in [2.24, 2.45) is 0 Å². The molecule has 1 saturated heterocycles. The summed E-state index contributed by atoms with van der Waals surface area (Å²) in [5.74, 6) is 0. The van der Waals surface area contributed by atoms with Crippen molar-refractivity contribution in [3.05, 3.63) is 77.4 Å². The second-order valence-corrected chi connectivity index (χ2v) is 6.14. The van der Waals surface area contributed by atoms with Crippen molar-refractivity contribution in [3.8, 4) is 0 Å². The van der Waals surface area contributed by atoms with Gasteiger partial charge in [0.05, 0.1) is 6.54 Å².